The van der Waals surface area contributed by atoms with Gasteiger partial charge in [-0.1, -0.05) is 19.3 Å². The van der Waals surface area contributed by atoms with E-state index in [2.05, 4.69) is 32.0 Å². The molecule has 3 rings (SSSR count). The molecule has 0 aromatic carbocycles. The second kappa shape index (κ2) is 6.17. The van der Waals surface area contributed by atoms with Crippen LogP contribution < -0.4 is 5.32 Å². The highest BCUT2D eigenvalue weighted by Gasteiger charge is 2.39. The summed E-state index contributed by atoms with van der Waals surface area (Å²) in [5.41, 5.74) is 1.95. The molecule has 4 heteroatoms. The number of likely N-dealkylation sites (tertiary alicyclic amines) is 1. The summed E-state index contributed by atoms with van der Waals surface area (Å²) in [5, 5.41) is 7.85. The smallest absolute Gasteiger partial charge is 0.193 e. The number of thiophene rings is 1. The molecular formula is C16H25N3S. The first-order valence-electron chi connectivity index (χ1n) is 7.78. The lowest BCUT2D eigenvalue weighted by Gasteiger charge is -2.33. The van der Waals surface area contributed by atoms with Gasteiger partial charge in [0.15, 0.2) is 5.96 Å². The molecule has 0 unspecified atom stereocenters. The van der Waals surface area contributed by atoms with E-state index in [1.54, 1.807) is 11.3 Å². The molecule has 1 spiro atoms. The zero-order valence-electron chi connectivity index (χ0n) is 12.4. The van der Waals surface area contributed by atoms with Crippen molar-refractivity contribution in [2.24, 2.45) is 10.4 Å². The first-order valence-corrected chi connectivity index (χ1v) is 8.72. The number of rotatable bonds is 2. The summed E-state index contributed by atoms with van der Waals surface area (Å²) in [6, 6.07) is 2.18. The molecule has 0 radical (unpaired) electrons. The van der Waals surface area contributed by atoms with Gasteiger partial charge in [-0.3, -0.25) is 4.99 Å². The predicted molar refractivity (Wildman–Crippen MR) is 86.2 cm³/mol. The van der Waals surface area contributed by atoms with E-state index in [1.807, 2.05) is 7.05 Å². The van der Waals surface area contributed by atoms with Gasteiger partial charge < -0.3 is 10.2 Å². The maximum atomic E-state index is 4.48. The van der Waals surface area contributed by atoms with E-state index in [1.165, 1.54) is 57.2 Å². The second-order valence-corrected chi connectivity index (χ2v) is 7.04. The molecule has 20 heavy (non-hydrogen) atoms. The minimum atomic E-state index is 0.595. The van der Waals surface area contributed by atoms with Gasteiger partial charge in [-0.25, -0.2) is 0 Å². The molecule has 0 atom stereocenters. The number of hydrogen-bond acceptors (Lipinski definition) is 2. The van der Waals surface area contributed by atoms with Crippen molar-refractivity contribution in [1.29, 1.82) is 0 Å². The summed E-state index contributed by atoms with van der Waals surface area (Å²) >= 11 is 1.76. The summed E-state index contributed by atoms with van der Waals surface area (Å²) in [5.74, 6) is 1.08. The highest BCUT2D eigenvalue weighted by Crippen LogP contribution is 2.43. The van der Waals surface area contributed by atoms with E-state index >= 15 is 0 Å². The Hall–Kier alpha value is -1.03. The average molecular weight is 291 g/mol. The zero-order chi connectivity index (χ0) is 13.8. The average Bonchev–Trinajstić information content (AvgIpc) is 3.12. The highest BCUT2D eigenvalue weighted by atomic mass is 32.1. The van der Waals surface area contributed by atoms with Gasteiger partial charge in [-0.05, 0) is 47.1 Å². The van der Waals surface area contributed by atoms with Gasteiger partial charge in [0, 0.05) is 26.7 Å². The van der Waals surface area contributed by atoms with Crippen molar-refractivity contribution in [3.8, 4) is 0 Å². The van der Waals surface area contributed by atoms with Gasteiger partial charge in [0.1, 0.15) is 0 Å². The first-order chi connectivity index (χ1) is 9.81. The van der Waals surface area contributed by atoms with Crippen molar-refractivity contribution in [3.05, 3.63) is 22.4 Å². The quantitative estimate of drug-likeness (QED) is 0.667. The van der Waals surface area contributed by atoms with E-state index in [-0.39, 0.29) is 0 Å². The molecule has 2 fully saturated rings. The molecule has 0 bridgehead atoms. The van der Waals surface area contributed by atoms with Crippen molar-refractivity contribution < 1.29 is 0 Å². The monoisotopic (exact) mass is 291 g/mol. The number of aliphatic imine (C=N–C) groups is 1. The summed E-state index contributed by atoms with van der Waals surface area (Å²) < 4.78 is 0. The Morgan fingerprint density at radius 2 is 2.20 bits per heavy atom. The fraction of sp³-hybridized carbons (Fsp3) is 0.688. The fourth-order valence-electron chi connectivity index (χ4n) is 3.73. The Morgan fingerprint density at radius 3 is 2.90 bits per heavy atom. The molecule has 1 saturated carbocycles. The SMILES string of the molecule is CN=C(NCc1ccsc1)N1CCC2(CCCCC2)C1. The molecule has 110 valence electrons. The van der Waals surface area contributed by atoms with Gasteiger partial charge in [0.25, 0.3) is 0 Å². The standard InChI is InChI=1S/C16H25N3S/c1-17-15(18-11-14-5-10-20-12-14)19-9-8-16(13-19)6-3-2-4-7-16/h5,10,12H,2-4,6-9,11,13H2,1H3,(H,17,18). The minimum absolute atomic E-state index is 0.595. The van der Waals surface area contributed by atoms with Gasteiger partial charge in [0.2, 0.25) is 0 Å². The summed E-state index contributed by atoms with van der Waals surface area (Å²) in [6.45, 7) is 3.26. The molecular weight excluding hydrogens is 266 g/mol. The fourth-order valence-corrected chi connectivity index (χ4v) is 4.40. The lowest BCUT2D eigenvalue weighted by atomic mass is 9.73. The molecule has 1 aromatic rings. The Morgan fingerprint density at radius 1 is 1.35 bits per heavy atom. The molecule has 3 nitrogen and oxygen atoms in total. The van der Waals surface area contributed by atoms with Crippen LogP contribution in [0.25, 0.3) is 0 Å². The molecule has 1 aliphatic heterocycles. The molecule has 2 aliphatic rings. The second-order valence-electron chi connectivity index (χ2n) is 6.26. The lowest BCUT2D eigenvalue weighted by molar-refractivity contribution is 0.203. The van der Waals surface area contributed by atoms with Gasteiger partial charge >= 0.3 is 0 Å². The predicted octanol–water partition coefficient (Wildman–Crippen LogP) is 3.48. The van der Waals surface area contributed by atoms with Crippen LogP contribution in [-0.4, -0.2) is 31.0 Å². The zero-order valence-corrected chi connectivity index (χ0v) is 13.2. The Bertz CT molecular complexity index is 446. The van der Waals surface area contributed by atoms with Gasteiger partial charge in [-0.15, -0.1) is 0 Å². The molecule has 1 saturated heterocycles. The van der Waals surface area contributed by atoms with Crippen molar-refractivity contribution in [2.75, 3.05) is 20.1 Å². The van der Waals surface area contributed by atoms with E-state index in [0.29, 0.717) is 5.41 Å². The van der Waals surface area contributed by atoms with Crippen LogP contribution in [0.15, 0.2) is 21.8 Å². The number of hydrogen-bond donors (Lipinski definition) is 1. The van der Waals surface area contributed by atoms with Gasteiger partial charge in [-0.2, -0.15) is 11.3 Å². The van der Waals surface area contributed by atoms with Crippen LogP contribution in [0.1, 0.15) is 44.1 Å². The Kier molecular flexibility index (Phi) is 4.29. The highest BCUT2D eigenvalue weighted by molar-refractivity contribution is 7.07. The third-order valence-electron chi connectivity index (χ3n) is 4.89. The van der Waals surface area contributed by atoms with Crippen molar-refractivity contribution >= 4 is 17.3 Å². The van der Waals surface area contributed by atoms with E-state index in [9.17, 15) is 0 Å². The third-order valence-corrected chi connectivity index (χ3v) is 5.63. The maximum absolute atomic E-state index is 4.48. The molecule has 1 N–H and O–H groups in total. The summed E-state index contributed by atoms with van der Waals surface area (Å²) in [4.78, 5) is 6.95. The largest absolute Gasteiger partial charge is 0.352 e. The van der Waals surface area contributed by atoms with Crippen LogP contribution in [0.2, 0.25) is 0 Å². The lowest BCUT2D eigenvalue weighted by Crippen LogP contribution is -2.41. The number of nitrogens with zero attached hydrogens (tertiary/aromatic N) is 2. The van der Waals surface area contributed by atoms with Crippen LogP contribution in [-0.2, 0) is 6.54 Å². The molecule has 0 amide bonds. The summed E-state index contributed by atoms with van der Waals surface area (Å²) in [7, 11) is 1.90. The Balaban J connectivity index is 1.57. The molecule has 1 aromatic heterocycles. The van der Waals surface area contributed by atoms with E-state index in [0.717, 1.165) is 12.5 Å². The number of guanidine groups is 1. The minimum Gasteiger partial charge on any atom is -0.352 e. The van der Waals surface area contributed by atoms with Crippen molar-refractivity contribution in [3.63, 3.8) is 0 Å². The van der Waals surface area contributed by atoms with Crippen LogP contribution in [0, 0.1) is 5.41 Å². The first kappa shape index (κ1) is 13.9. The van der Waals surface area contributed by atoms with Crippen LogP contribution in [0.3, 0.4) is 0 Å². The third kappa shape index (κ3) is 3.00. The van der Waals surface area contributed by atoms with Crippen LogP contribution in [0.4, 0.5) is 0 Å². The van der Waals surface area contributed by atoms with E-state index < -0.39 is 0 Å². The van der Waals surface area contributed by atoms with Crippen molar-refractivity contribution in [2.45, 2.75) is 45.1 Å². The van der Waals surface area contributed by atoms with Gasteiger partial charge in [0.05, 0.1) is 0 Å². The normalized spacial score (nSPS) is 22.4. The molecule has 2 heterocycles. The van der Waals surface area contributed by atoms with Crippen molar-refractivity contribution in [1.82, 2.24) is 10.2 Å². The Labute approximate surface area is 126 Å². The van der Waals surface area contributed by atoms with Crippen LogP contribution in [0.5, 0.6) is 0 Å². The molecule has 1 aliphatic carbocycles. The van der Waals surface area contributed by atoms with E-state index in [4.69, 9.17) is 0 Å². The van der Waals surface area contributed by atoms with Crippen LogP contribution >= 0.6 is 11.3 Å². The topological polar surface area (TPSA) is 27.6 Å². The summed E-state index contributed by atoms with van der Waals surface area (Å²) in [6.07, 6.45) is 8.48. The maximum Gasteiger partial charge on any atom is 0.193 e. The number of nitrogens with one attached hydrogen (secondary N) is 1.